The first-order valence-corrected chi connectivity index (χ1v) is 8.09. The first-order chi connectivity index (χ1) is 8.65. The van der Waals surface area contributed by atoms with Gasteiger partial charge in [0.15, 0.2) is 0 Å². The smallest absolute Gasteiger partial charge is 0.00529 e. The molecule has 0 heterocycles. The standard InChI is InChI=1S/C16H32N2/c1-14(2)18(11-15-7-8-15)13-16(12-17)9-5-3-4-6-10-16/h14-15H,3-13,17H2,1-2H3. The second-order valence-corrected chi connectivity index (χ2v) is 7.08. The van der Waals surface area contributed by atoms with Gasteiger partial charge in [-0.05, 0) is 57.4 Å². The molecule has 2 N–H and O–H groups in total. The van der Waals surface area contributed by atoms with Crippen LogP contribution in [0.2, 0.25) is 0 Å². The zero-order chi connectivity index (χ0) is 13.0. The first-order valence-electron chi connectivity index (χ1n) is 8.09. The van der Waals surface area contributed by atoms with Gasteiger partial charge in [0.05, 0.1) is 0 Å². The highest BCUT2D eigenvalue weighted by atomic mass is 15.2. The minimum atomic E-state index is 0.426. The summed E-state index contributed by atoms with van der Waals surface area (Å²) in [6, 6.07) is 0.678. The van der Waals surface area contributed by atoms with E-state index < -0.39 is 0 Å². The molecule has 2 aliphatic rings. The Bertz CT molecular complexity index is 237. The zero-order valence-electron chi connectivity index (χ0n) is 12.5. The monoisotopic (exact) mass is 252 g/mol. The largest absolute Gasteiger partial charge is 0.330 e. The number of hydrogen-bond acceptors (Lipinski definition) is 2. The molecule has 2 rings (SSSR count). The molecule has 0 aromatic rings. The van der Waals surface area contributed by atoms with Gasteiger partial charge in [-0.25, -0.2) is 0 Å². The van der Waals surface area contributed by atoms with E-state index in [0.29, 0.717) is 11.5 Å². The van der Waals surface area contributed by atoms with Crippen molar-refractivity contribution in [3.05, 3.63) is 0 Å². The molecule has 0 aromatic carbocycles. The predicted octanol–water partition coefficient (Wildman–Crippen LogP) is 3.41. The SMILES string of the molecule is CC(C)N(CC1CC1)CC1(CN)CCCCCC1. The third-order valence-electron chi connectivity index (χ3n) is 5.06. The molecule has 18 heavy (non-hydrogen) atoms. The van der Waals surface area contributed by atoms with Gasteiger partial charge in [-0.15, -0.1) is 0 Å². The lowest BCUT2D eigenvalue weighted by Crippen LogP contribution is -2.45. The van der Waals surface area contributed by atoms with Crippen LogP contribution in [-0.4, -0.2) is 30.6 Å². The van der Waals surface area contributed by atoms with E-state index >= 15 is 0 Å². The lowest BCUT2D eigenvalue weighted by Gasteiger charge is -2.39. The van der Waals surface area contributed by atoms with Crippen LogP contribution >= 0.6 is 0 Å². The maximum absolute atomic E-state index is 6.18. The first kappa shape index (κ1) is 14.3. The van der Waals surface area contributed by atoms with Crippen molar-refractivity contribution in [3.63, 3.8) is 0 Å². The molecule has 2 heteroatoms. The summed E-state index contributed by atoms with van der Waals surface area (Å²) in [7, 11) is 0. The molecule has 2 nitrogen and oxygen atoms in total. The fourth-order valence-corrected chi connectivity index (χ4v) is 3.43. The summed E-state index contributed by atoms with van der Waals surface area (Å²) in [5.41, 5.74) is 6.60. The summed E-state index contributed by atoms with van der Waals surface area (Å²) in [6.07, 6.45) is 11.3. The van der Waals surface area contributed by atoms with Crippen LogP contribution in [0, 0.1) is 11.3 Å². The molecule has 0 aliphatic heterocycles. The third-order valence-corrected chi connectivity index (χ3v) is 5.06. The van der Waals surface area contributed by atoms with Gasteiger partial charge in [0, 0.05) is 19.1 Å². The van der Waals surface area contributed by atoms with Crippen LogP contribution < -0.4 is 5.73 Å². The van der Waals surface area contributed by atoms with Crippen molar-refractivity contribution < 1.29 is 0 Å². The summed E-state index contributed by atoms with van der Waals surface area (Å²) in [6.45, 7) is 8.16. The highest BCUT2D eigenvalue weighted by Gasteiger charge is 2.34. The Morgan fingerprint density at radius 3 is 2.17 bits per heavy atom. The number of rotatable bonds is 6. The topological polar surface area (TPSA) is 29.3 Å². The molecule has 0 bridgehead atoms. The van der Waals surface area contributed by atoms with Gasteiger partial charge in [0.25, 0.3) is 0 Å². The zero-order valence-corrected chi connectivity index (χ0v) is 12.5. The summed E-state index contributed by atoms with van der Waals surface area (Å²) in [4.78, 5) is 2.72. The van der Waals surface area contributed by atoms with Gasteiger partial charge >= 0.3 is 0 Å². The Labute approximate surface area is 113 Å². The Morgan fingerprint density at radius 2 is 1.72 bits per heavy atom. The summed E-state index contributed by atoms with van der Waals surface area (Å²) < 4.78 is 0. The van der Waals surface area contributed by atoms with Gasteiger partial charge in [0.1, 0.15) is 0 Å². The van der Waals surface area contributed by atoms with Gasteiger partial charge in [0.2, 0.25) is 0 Å². The average Bonchev–Trinajstić information content (AvgIpc) is 3.16. The van der Waals surface area contributed by atoms with Crippen LogP contribution in [0.15, 0.2) is 0 Å². The molecule has 2 saturated carbocycles. The second-order valence-electron chi connectivity index (χ2n) is 7.08. The Balaban J connectivity index is 1.95. The average molecular weight is 252 g/mol. The lowest BCUT2D eigenvalue weighted by molar-refractivity contribution is 0.106. The van der Waals surface area contributed by atoms with E-state index in [-0.39, 0.29) is 0 Å². The Hall–Kier alpha value is -0.0800. The van der Waals surface area contributed by atoms with Gasteiger partial charge in [-0.2, -0.15) is 0 Å². The van der Waals surface area contributed by atoms with E-state index in [0.717, 1.165) is 12.5 Å². The number of hydrogen-bond donors (Lipinski definition) is 1. The molecule has 0 spiro atoms. The van der Waals surface area contributed by atoms with E-state index in [2.05, 4.69) is 18.7 Å². The number of nitrogens with two attached hydrogens (primary N) is 1. The van der Waals surface area contributed by atoms with E-state index in [1.807, 2.05) is 0 Å². The summed E-state index contributed by atoms with van der Waals surface area (Å²) >= 11 is 0. The molecule has 0 saturated heterocycles. The van der Waals surface area contributed by atoms with Crippen molar-refractivity contribution >= 4 is 0 Å². The van der Waals surface area contributed by atoms with Crippen molar-refractivity contribution in [2.75, 3.05) is 19.6 Å². The Morgan fingerprint density at radius 1 is 1.11 bits per heavy atom. The van der Waals surface area contributed by atoms with E-state index in [4.69, 9.17) is 5.73 Å². The van der Waals surface area contributed by atoms with Crippen LogP contribution in [0.1, 0.15) is 65.2 Å². The molecule has 0 amide bonds. The summed E-state index contributed by atoms with van der Waals surface area (Å²) in [5.74, 6) is 0.994. The molecule has 0 aromatic heterocycles. The van der Waals surface area contributed by atoms with Crippen molar-refractivity contribution in [2.45, 2.75) is 71.3 Å². The fourth-order valence-electron chi connectivity index (χ4n) is 3.43. The molecular formula is C16H32N2. The molecular weight excluding hydrogens is 220 g/mol. The van der Waals surface area contributed by atoms with Crippen molar-refractivity contribution in [3.8, 4) is 0 Å². The number of nitrogens with zero attached hydrogens (tertiary/aromatic N) is 1. The quantitative estimate of drug-likeness (QED) is 0.734. The van der Waals surface area contributed by atoms with Crippen molar-refractivity contribution in [2.24, 2.45) is 17.1 Å². The maximum atomic E-state index is 6.18. The molecule has 2 fully saturated rings. The lowest BCUT2D eigenvalue weighted by atomic mass is 9.79. The normalized spacial score (nSPS) is 24.5. The fraction of sp³-hybridized carbons (Fsp3) is 1.00. The highest BCUT2D eigenvalue weighted by Crippen LogP contribution is 2.37. The summed E-state index contributed by atoms with van der Waals surface area (Å²) in [5, 5.41) is 0. The molecule has 0 atom stereocenters. The van der Waals surface area contributed by atoms with Crippen molar-refractivity contribution in [1.82, 2.24) is 4.90 Å². The van der Waals surface area contributed by atoms with E-state index in [1.54, 1.807) is 0 Å². The minimum absolute atomic E-state index is 0.426. The molecule has 2 aliphatic carbocycles. The highest BCUT2D eigenvalue weighted by molar-refractivity contribution is 4.88. The van der Waals surface area contributed by atoms with Gasteiger partial charge in [-0.1, -0.05) is 25.7 Å². The third kappa shape index (κ3) is 3.96. The molecule has 0 unspecified atom stereocenters. The second kappa shape index (κ2) is 6.38. The van der Waals surface area contributed by atoms with Gasteiger partial charge < -0.3 is 10.6 Å². The molecule has 0 radical (unpaired) electrons. The predicted molar refractivity (Wildman–Crippen MR) is 78.6 cm³/mol. The van der Waals surface area contributed by atoms with Crippen LogP contribution in [0.4, 0.5) is 0 Å². The minimum Gasteiger partial charge on any atom is -0.330 e. The Kier molecular flexibility index (Phi) is 5.08. The molecule has 106 valence electrons. The van der Waals surface area contributed by atoms with Crippen LogP contribution in [0.3, 0.4) is 0 Å². The van der Waals surface area contributed by atoms with Crippen LogP contribution in [-0.2, 0) is 0 Å². The maximum Gasteiger partial charge on any atom is 0.00529 e. The van der Waals surface area contributed by atoms with E-state index in [9.17, 15) is 0 Å². The van der Waals surface area contributed by atoms with Crippen molar-refractivity contribution in [1.29, 1.82) is 0 Å². The van der Waals surface area contributed by atoms with Gasteiger partial charge in [-0.3, -0.25) is 0 Å². The van der Waals surface area contributed by atoms with E-state index in [1.165, 1.54) is 64.5 Å². The van der Waals surface area contributed by atoms with Crippen LogP contribution in [0.25, 0.3) is 0 Å². The van der Waals surface area contributed by atoms with Crippen LogP contribution in [0.5, 0.6) is 0 Å².